The number of halogens is 1. The summed E-state index contributed by atoms with van der Waals surface area (Å²) in [5.41, 5.74) is 6.70. The van der Waals surface area contributed by atoms with E-state index in [-0.39, 0.29) is 44.7 Å². The first-order chi connectivity index (χ1) is 17.2. The average Bonchev–Trinajstić information content (AvgIpc) is 3.16. The molecule has 2 aromatic carbocycles. The van der Waals surface area contributed by atoms with E-state index >= 15 is 0 Å². The number of anilines is 1. The highest BCUT2D eigenvalue weighted by Gasteiger charge is 2.31. The molecule has 0 aliphatic rings. The van der Waals surface area contributed by atoms with Crippen molar-refractivity contribution in [1.29, 1.82) is 10.5 Å². The summed E-state index contributed by atoms with van der Waals surface area (Å²) >= 11 is 5.92. The molecule has 10 nitrogen and oxygen atoms in total. The van der Waals surface area contributed by atoms with Crippen molar-refractivity contribution in [3.05, 3.63) is 64.4 Å². The minimum absolute atomic E-state index is 0.0535. The van der Waals surface area contributed by atoms with Crippen molar-refractivity contribution in [1.82, 2.24) is 14.5 Å². The van der Waals surface area contributed by atoms with Crippen LogP contribution in [0.15, 0.2) is 52.3 Å². The monoisotopic (exact) mass is 522 g/mol. The van der Waals surface area contributed by atoms with Crippen LogP contribution in [0.25, 0.3) is 11.2 Å². The molecule has 12 heteroatoms. The molecule has 0 aliphatic carbocycles. The van der Waals surface area contributed by atoms with E-state index in [4.69, 9.17) is 26.8 Å². The van der Waals surface area contributed by atoms with Crippen LogP contribution in [-0.4, -0.2) is 37.2 Å². The van der Waals surface area contributed by atoms with Gasteiger partial charge in [0.15, 0.2) is 28.5 Å². The van der Waals surface area contributed by atoms with Gasteiger partial charge < -0.3 is 19.8 Å². The van der Waals surface area contributed by atoms with Crippen LogP contribution in [0.5, 0.6) is 11.5 Å². The molecule has 182 valence electrons. The number of nitrogens with two attached hydrogens (primary N) is 1. The van der Waals surface area contributed by atoms with Crippen molar-refractivity contribution in [2.24, 2.45) is 0 Å². The van der Waals surface area contributed by atoms with E-state index in [1.807, 2.05) is 12.1 Å². The third-order valence-electron chi connectivity index (χ3n) is 5.55. The molecule has 2 heterocycles. The van der Waals surface area contributed by atoms with Crippen LogP contribution in [0.3, 0.4) is 0 Å². The molecule has 0 saturated heterocycles. The van der Waals surface area contributed by atoms with E-state index in [0.29, 0.717) is 22.9 Å². The van der Waals surface area contributed by atoms with E-state index in [2.05, 4.69) is 9.97 Å². The minimum atomic E-state index is -4.18. The summed E-state index contributed by atoms with van der Waals surface area (Å²) in [7, 11) is -1.11. The van der Waals surface area contributed by atoms with Crippen LogP contribution in [-0.2, 0) is 22.8 Å². The Morgan fingerprint density at radius 1 is 1.00 bits per heavy atom. The van der Waals surface area contributed by atoms with Gasteiger partial charge in [0, 0.05) is 11.6 Å². The van der Waals surface area contributed by atoms with Crippen LogP contribution in [0, 0.1) is 22.7 Å². The Bertz CT molecular complexity index is 1670. The molecular formula is C24H19ClN6O4S. The normalized spacial score (nSPS) is 11.1. The SMILES string of the molecule is COc1ccc(CCn2c(N)c(S(=O)(=O)c3ccc(Cl)cc3)c3nc(C#N)c(C#N)nc32)cc1OC. The maximum Gasteiger partial charge on any atom is 0.212 e. The predicted octanol–water partition coefficient (Wildman–Crippen LogP) is 3.50. The Morgan fingerprint density at radius 3 is 2.25 bits per heavy atom. The Labute approximate surface area is 212 Å². The first-order valence-corrected chi connectivity index (χ1v) is 12.3. The van der Waals surface area contributed by atoms with Crippen LogP contribution in [0.1, 0.15) is 17.0 Å². The van der Waals surface area contributed by atoms with Crippen molar-refractivity contribution < 1.29 is 17.9 Å². The number of hydrogen-bond acceptors (Lipinski definition) is 9. The molecule has 0 aliphatic heterocycles. The first-order valence-electron chi connectivity index (χ1n) is 10.5. The number of hydrogen-bond donors (Lipinski definition) is 1. The van der Waals surface area contributed by atoms with Crippen LogP contribution in [0.4, 0.5) is 5.82 Å². The zero-order valence-electron chi connectivity index (χ0n) is 19.2. The summed E-state index contributed by atoms with van der Waals surface area (Å²) in [5, 5.41) is 19.3. The fraction of sp³-hybridized carbons (Fsp3) is 0.167. The van der Waals surface area contributed by atoms with Gasteiger partial charge in [-0.25, -0.2) is 18.4 Å². The molecule has 2 N–H and O–H groups in total. The van der Waals surface area contributed by atoms with Gasteiger partial charge in [-0.2, -0.15) is 10.5 Å². The Kier molecular flexibility index (Phi) is 6.71. The summed E-state index contributed by atoms with van der Waals surface area (Å²) in [6.07, 6.45) is 0.415. The van der Waals surface area contributed by atoms with Crippen LogP contribution >= 0.6 is 11.6 Å². The van der Waals surface area contributed by atoms with Gasteiger partial charge in [0.1, 0.15) is 28.4 Å². The van der Waals surface area contributed by atoms with E-state index in [1.165, 1.54) is 43.1 Å². The Morgan fingerprint density at radius 2 is 1.64 bits per heavy atom. The van der Waals surface area contributed by atoms with Gasteiger partial charge in [0.2, 0.25) is 9.84 Å². The summed E-state index contributed by atoms with van der Waals surface area (Å²) in [6.45, 7) is 0.208. The molecule has 4 aromatic rings. The number of nitrogens with zero attached hydrogens (tertiary/aromatic N) is 5. The summed E-state index contributed by atoms with van der Waals surface area (Å²) < 4.78 is 39.3. The van der Waals surface area contributed by atoms with Gasteiger partial charge in [0.05, 0.1) is 19.1 Å². The average molecular weight is 523 g/mol. The summed E-state index contributed by atoms with van der Waals surface area (Å²) in [5.74, 6) is 0.994. The number of nitriles is 2. The molecule has 0 bridgehead atoms. The number of benzene rings is 2. The number of sulfone groups is 1. The molecule has 0 spiro atoms. The zero-order chi connectivity index (χ0) is 26.0. The minimum Gasteiger partial charge on any atom is -0.493 e. The highest BCUT2D eigenvalue weighted by Crippen LogP contribution is 2.35. The fourth-order valence-electron chi connectivity index (χ4n) is 3.78. The second-order valence-corrected chi connectivity index (χ2v) is 9.90. The lowest BCUT2D eigenvalue weighted by molar-refractivity contribution is 0.354. The number of aromatic nitrogens is 3. The Hall–Kier alpha value is -4.32. The topological polar surface area (TPSA) is 157 Å². The van der Waals surface area contributed by atoms with E-state index in [9.17, 15) is 18.9 Å². The van der Waals surface area contributed by atoms with Gasteiger partial charge in [-0.05, 0) is 48.4 Å². The molecule has 0 radical (unpaired) electrons. The van der Waals surface area contributed by atoms with E-state index in [0.717, 1.165) is 5.56 Å². The smallest absolute Gasteiger partial charge is 0.212 e. The molecule has 0 atom stereocenters. The van der Waals surface area contributed by atoms with Crippen molar-refractivity contribution in [2.75, 3.05) is 20.0 Å². The van der Waals surface area contributed by atoms with Gasteiger partial charge in [-0.3, -0.25) is 0 Å². The van der Waals surface area contributed by atoms with Crippen LogP contribution < -0.4 is 15.2 Å². The number of nitrogen functional groups attached to an aromatic ring is 1. The predicted molar refractivity (Wildman–Crippen MR) is 132 cm³/mol. The lowest BCUT2D eigenvalue weighted by Gasteiger charge is -2.11. The highest BCUT2D eigenvalue weighted by molar-refractivity contribution is 7.92. The highest BCUT2D eigenvalue weighted by atomic mass is 35.5. The molecule has 2 aromatic heterocycles. The Balaban J connectivity index is 1.89. The maximum atomic E-state index is 13.6. The van der Waals surface area contributed by atoms with E-state index < -0.39 is 9.84 Å². The molecular weight excluding hydrogens is 504 g/mol. The second-order valence-electron chi connectivity index (χ2n) is 7.58. The van der Waals surface area contributed by atoms with Crippen molar-refractivity contribution in [2.45, 2.75) is 22.8 Å². The maximum absolute atomic E-state index is 13.6. The van der Waals surface area contributed by atoms with Gasteiger partial charge in [-0.1, -0.05) is 17.7 Å². The number of fused-ring (bicyclic) bond motifs is 1. The molecule has 0 amide bonds. The van der Waals surface area contributed by atoms with Crippen molar-refractivity contribution >= 4 is 38.4 Å². The lowest BCUT2D eigenvalue weighted by Crippen LogP contribution is -2.09. The summed E-state index contributed by atoms with van der Waals surface area (Å²) in [6, 6.07) is 14.6. The molecule has 0 saturated carbocycles. The summed E-state index contributed by atoms with van der Waals surface area (Å²) in [4.78, 5) is 8.07. The second kappa shape index (κ2) is 9.74. The fourth-order valence-corrected chi connectivity index (χ4v) is 5.41. The molecule has 0 unspecified atom stereocenters. The lowest BCUT2D eigenvalue weighted by atomic mass is 10.1. The third kappa shape index (κ3) is 4.26. The number of aryl methyl sites for hydroxylation is 2. The largest absolute Gasteiger partial charge is 0.493 e. The number of methoxy groups -OCH3 is 2. The van der Waals surface area contributed by atoms with Gasteiger partial charge >= 0.3 is 0 Å². The number of ether oxygens (including phenoxy) is 2. The molecule has 36 heavy (non-hydrogen) atoms. The van der Waals surface area contributed by atoms with Crippen molar-refractivity contribution in [3.63, 3.8) is 0 Å². The standard InChI is InChI=1S/C24H19ClN6O4S/c1-34-19-8-3-14(11-20(19)35-2)9-10-31-23(28)22(36(32,33)16-6-4-15(25)5-7-16)21-24(31)30-18(13-27)17(12-26)29-21/h3-8,11H,9-10,28H2,1-2H3. The molecule has 0 fully saturated rings. The number of rotatable bonds is 7. The van der Waals surface area contributed by atoms with Crippen molar-refractivity contribution in [3.8, 4) is 23.6 Å². The van der Waals surface area contributed by atoms with Gasteiger partial charge in [0.25, 0.3) is 0 Å². The molecule has 4 rings (SSSR count). The van der Waals surface area contributed by atoms with Gasteiger partial charge in [-0.15, -0.1) is 0 Å². The zero-order valence-corrected chi connectivity index (χ0v) is 20.8. The van der Waals surface area contributed by atoms with E-state index in [1.54, 1.807) is 18.2 Å². The van der Waals surface area contributed by atoms with Crippen LogP contribution in [0.2, 0.25) is 5.02 Å². The first kappa shape index (κ1) is 24.8. The quantitative estimate of drug-likeness (QED) is 0.383. The third-order valence-corrected chi connectivity index (χ3v) is 7.63.